The third kappa shape index (κ3) is 2.34. The van der Waals surface area contributed by atoms with E-state index in [-0.39, 0.29) is 11.5 Å². The van der Waals surface area contributed by atoms with E-state index in [1.165, 1.54) is 4.68 Å². The number of nitrogens with two attached hydrogens (primary N) is 1. The van der Waals surface area contributed by atoms with E-state index >= 15 is 0 Å². The largest absolute Gasteiger partial charge is 0.369 e. The summed E-state index contributed by atoms with van der Waals surface area (Å²) in [6, 6.07) is 1.75. The van der Waals surface area contributed by atoms with E-state index in [1.54, 1.807) is 33.8 Å². The van der Waals surface area contributed by atoms with Gasteiger partial charge in [0.2, 0.25) is 11.9 Å². The number of nitrogens with zero attached hydrogens (tertiary/aromatic N) is 3. The number of hydrogen-bond donors (Lipinski definition) is 2. The average molecular weight is 275 g/mol. The molecule has 0 spiro atoms. The summed E-state index contributed by atoms with van der Waals surface area (Å²) in [5.41, 5.74) is 7.60. The number of carbonyl (C=O) groups excluding carboxylic acids is 1. The maximum Gasteiger partial charge on any atom is 0.255 e. The van der Waals surface area contributed by atoms with E-state index in [0.717, 1.165) is 0 Å². The van der Waals surface area contributed by atoms with Crippen LogP contribution in [0.3, 0.4) is 0 Å². The van der Waals surface area contributed by atoms with Crippen molar-refractivity contribution in [2.45, 2.75) is 33.6 Å². The molecule has 2 aromatic rings. The fourth-order valence-electron chi connectivity index (χ4n) is 1.87. The lowest BCUT2D eigenvalue weighted by atomic mass is 10.1. The number of rotatable bonds is 3. The summed E-state index contributed by atoms with van der Waals surface area (Å²) in [4.78, 5) is 30.2. The van der Waals surface area contributed by atoms with E-state index < -0.39 is 11.8 Å². The standard InChI is InChI=1S/C13H17N5O2/c1-6-5-10(8(3)11(14)19)18(17-6)13-15-9(4)7(2)12(20)16-13/h5,8H,1-4H3,(H2,14,19)(H,15,16,20). The minimum Gasteiger partial charge on any atom is -0.369 e. The maximum atomic E-state index is 11.8. The molecule has 0 aliphatic heterocycles. The van der Waals surface area contributed by atoms with Crippen LogP contribution in [-0.2, 0) is 4.79 Å². The molecule has 3 N–H and O–H groups in total. The Balaban J connectivity index is 2.64. The molecule has 106 valence electrons. The Morgan fingerprint density at radius 2 is 2.05 bits per heavy atom. The summed E-state index contributed by atoms with van der Waals surface area (Å²) in [6.07, 6.45) is 0. The summed E-state index contributed by atoms with van der Waals surface area (Å²) in [6.45, 7) is 6.94. The monoisotopic (exact) mass is 275 g/mol. The first-order valence-corrected chi connectivity index (χ1v) is 6.25. The number of H-pyrrole nitrogens is 1. The lowest BCUT2D eigenvalue weighted by Crippen LogP contribution is -2.24. The second-order valence-corrected chi connectivity index (χ2v) is 4.85. The van der Waals surface area contributed by atoms with E-state index in [2.05, 4.69) is 15.1 Å². The van der Waals surface area contributed by atoms with Crippen LogP contribution >= 0.6 is 0 Å². The first-order chi connectivity index (χ1) is 9.31. The molecule has 1 unspecified atom stereocenters. The lowest BCUT2D eigenvalue weighted by molar-refractivity contribution is -0.119. The Bertz CT molecular complexity index is 729. The van der Waals surface area contributed by atoms with Crippen LogP contribution in [0.4, 0.5) is 0 Å². The molecule has 0 aliphatic rings. The number of amides is 1. The van der Waals surface area contributed by atoms with Crippen molar-refractivity contribution < 1.29 is 4.79 Å². The number of aromatic nitrogens is 4. The highest BCUT2D eigenvalue weighted by Crippen LogP contribution is 2.18. The van der Waals surface area contributed by atoms with Gasteiger partial charge in [0.25, 0.3) is 5.56 Å². The summed E-state index contributed by atoms with van der Waals surface area (Å²) in [5.74, 6) is -0.699. The second kappa shape index (κ2) is 4.92. The molecule has 2 rings (SSSR count). The Hall–Kier alpha value is -2.44. The molecule has 0 aliphatic carbocycles. The van der Waals surface area contributed by atoms with Gasteiger partial charge in [-0.15, -0.1) is 0 Å². The summed E-state index contributed by atoms with van der Waals surface area (Å²) in [5, 5.41) is 4.27. The number of carbonyl (C=O) groups is 1. The zero-order valence-electron chi connectivity index (χ0n) is 11.9. The van der Waals surface area contributed by atoms with Crippen LogP contribution in [0.1, 0.15) is 35.5 Å². The smallest absolute Gasteiger partial charge is 0.255 e. The molecular weight excluding hydrogens is 258 g/mol. The van der Waals surface area contributed by atoms with Crippen LogP contribution < -0.4 is 11.3 Å². The van der Waals surface area contributed by atoms with E-state index in [0.29, 0.717) is 22.6 Å². The third-order valence-corrected chi connectivity index (χ3v) is 3.31. The number of nitrogens with one attached hydrogen (secondary N) is 1. The van der Waals surface area contributed by atoms with Crippen molar-refractivity contribution in [3.8, 4) is 5.95 Å². The van der Waals surface area contributed by atoms with Gasteiger partial charge >= 0.3 is 0 Å². The normalized spacial score (nSPS) is 12.4. The van der Waals surface area contributed by atoms with Crippen LogP contribution in [0.2, 0.25) is 0 Å². The van der Waals surface area contributed by atoms with Crippen molar-refractivity contribution in [3.63, 3.8) is 0 Å². The number of primary amides is 1. The first-order valence-electron chi connectivity index (χ1n) is 6.25. The molecule has 7 nitrogen and oxygen atoms in total. The van der Waals surface area contributed by atoms with Crippen LogP contribution in [0, 0.1) is 20.8 Å². The highest BCUT2D eigenvalue weighted by atomic mass is 16.1. The average Bonchev–Trinajstić information content (AvgIpc) is 2.76. The van der Waals surface area contributed by atoms with E-state index in [9.17, 15) is 9.59 Å². The van der Waals surface area contributed by atoms with Crippen molar-refractivity contribution in [2.75, 3.05) is 0 Å². The highest BCUT2D eigenvalue weighted by molar-refractivity contribution is 5.81. The SMILES string of the molecule is Cc1cc(C(C)C(N)=O)n(-c2nc(C)c(C)c(=O)[nH]2)n1. The van der Waals surface area contributed by atoms with Crippen molar-refractivity contribution in [2.24, 2.45) is 5.73 Å². The van der Waals surface area contributed by atoms with E-state index in [1.807, 2.05) is 0 Å². The topological polar surface area (TPSA) is 107 Å². The molecule has 20 heavy (non-hydrogen) atoms. The number of aromatic amines is 1. The molecule has 1 atom stereocenters. The molecule has 0 fully saturated rings. The molecule has 0 saturated carbocycles. The van der Waals surface area contributed by atoms with Gasteiger partial charge in [-0.05, 0) is 33.8 Å². The van der Waals surface area contributed by atoms with Gasteiger partial charge in [0, 0.05) is 11.3 Å². The van der Waals surface area contributed by atoms with Crippen molar-refractivity contribution in [1.82, 2.24) is 19.7 Å². The zero-order chi connectivity index (χ0) is 15.0. The van der Waals surface area contributed by atoms with Gasteiger partial charge in [0.1, 0.15) is 0 Å². The lowest BCUT2D eigenvalue weighted by Gasteiger charge is -2.11. The number of aryl methyl sites for hydroxylation is 2. The van der Waals surface area contributed by atoms with Gasteiger partial charge in [-0.3, -0.25) is 14.6 Å². The number of hydrogen-bond acceptors (Lipinski definition) is 4. The third-order valence-electron chi connectivity index (χ3n) is 3.31. The Kier molecular flexibility index (Phi) is 3.44. The minimum absolute atomic E-state index is 0.224. The van der Waals surface area contributed by atoms with E-state index in [4.69, 9.17) is 5.73 Å². The van der Waals surface area contributed by atoms with Crippen LogP contribution in [-0.4, -0.2) is 25.7 Å². The Labute approximate surface area is 115 Å². The molecule has 0 aromatic carbocycles. The molecule has 2 heterocycles. The van der Waals surface area contributed by atoms with Gasteiger partial charge in [-0.1, -0.05) is 0 Å². The van der Waals surface area contributed by atoms with Gasteiger partial charge in [-0.25, -0.2) is 9.67 Å². The van der Waals surface area contributed by atoms with Gasteiger partial charge in [0.15, 0.2) is 0 Å². The minimum atomic E-state index is -0.525. The molecule has 0 saturated heterocycles. The molecule has 1 amide bonds. The maximum absolute atomic E-state index is 11.8. The van der Waals surface area contributed by atoms with Crippen LogP contribution in [0.5, 0.6) is 0 Å². The molecule has 0 bridgehead atoms. The molecule has 2 aromatic heterocycles. The summed E-state index contributed by atoms with van der Waals surface area (Å²) >= 11 is 0. The fraction of sp³-hybridized carbons (Fsp3) is 0.385. The van der Waals surface area contributed by atoms with Crippen molar-refractivity contribution in [1.29, 1.82) is 0 Å². The fourth-order valence-corrected chi connectivity index (χ4v) is 1.87. The summed E-state index contributed by atoms with van der Waals surface area (Å²) < 4.78 is 1.46. The van der Waals surface area contributed by atoms with Crippen molar-refractivity contribution >= 4 is 5.91 Å². The zero-order valence-corrected chi connectivity index (χ0v) is 11.9. The van der Waals surface area contributed by atoms with Gasteiger partial charge in [-0.2, -0.15) is 5.10 Å². The van der Waals surface area contributed by atoms with Gasteiger partial charge < -0.3 is 5.73 Å². The second-order valence-electron chi connectivity index (χ2n) is 4.85. The highest BCUT2D eigenvalue weighted by Gasteiger charge is 2.20. The first kappa shape index (κ1) is 14.0. The van der Waals surface area contributed by atoms with Crippen LogP contribution in [0.15, 0.2) is 10.9 Å². The predicted octanol–water partition coefficient (Wildman–Crippen LogP) is 0.470. The quantitative estimate of drug-likeness (QED) is 0.849. The molecule has 7 heteroatoms. The molecule has 0 radical (unpaired) electrons. The van der Waals surface area contributed by atoms with Crippen LogP contribution in [0.25, 0.3) is 5.95 Å². The predicted molar refractivity (Wildman–Crippen MR) is 73.8 cm³/mol. The Morgan fingerprint density at radius 3 is 2.60 bits per heavy atom. The van der Waals surface area contributed by atoms with Gasteiger partial charge in [0.05, 0.1) is 17.3 Å². The molecular formula is C13H17N5O2. The van der Waals surface area contributed by atoms with Crippen molar-refractivity contribution in [3.05, 3.63) is 39.1 Å². The summed E-state index contributed by atoms with van der Waals surface area (Å²) in [7, 11) is 0. The Morgan fingerprint density at radius 1 is 1.40 bits per heavy atom.